The molecule has 1 aromatic heterocycles. The van der Waals surface area contributed by atoms with Gasteiger partial charge in [-0.25, -0.2) is 9.97 Å². The molecule has 1 amide bonds. The molecule has 0 spiro atoms. The first kappa shape index (κ1) is 15.0. The molecule has 0 aliphatic rings. The SMILES string of the molecule is COc1ccc(C)cc1NC(=O)c1c(C)nc(C)nc1C. The van der Waals surface area contributed by atoms with E-state index in [-0.39, 0.29) is 5.91 Å². The van der Waals surface area contributed by atoms with Gasteiger partial charge in [0.25, 0.3) is 5.91 Å². The molecule has 5 heteroatoms. The molecule has 5 nitrogen and oxygen atoms in total. The lowest BCUT2D eigenvalue weighted by atomic mass is 10.1. The summed E-state index contributed by atoms with van der Waals surface area (Å²) in [6.07, 6.45) is 0. The number of benzene rings is 1. The maximum Gasteiger partial charge on any atom is 0.259 e. The Morgan fingerprint density at radius 3 is 2.29 bits per heavy atom. The van der Waals surface area contributed by atoms with E-state index < -0.39 is 0 Å². The summed E-state index contributed by atoms with van der Waals surface area (Å²) in [5.41, 5.74) is 3.53. The average Bonchev–Trinajstić information content (AvgIpc) is 2.37. The minimum atomic E-state index is -0.228. The van der Waals surface area contributed by atoms with Crippen LogP contribution < -0.4 is 10.1 Å². The molecule has 0 aliphatic carbocycles. The Hall–Kier alpha value is -2.43. The predicted octanol–water partition coefficient (Wildman–Crippen LogP) is 2.97. The number of carbonyl (C=O) groups is 1. The third-order valence-corrected chi connectivity index (χ3v) is 3.21. The normalized spacial score (nSPS) is 10.3. The van der Waals surface area contributed by atoms with Gasteiger partial charge in [0.2, 0.25) is 0 Å². The highest BCUT2D eigenvalue weighted by atomic mass is 16.5. The molecule has 0 fully saturated rings. The van der Waals surface area contributed by atoms with Crippen LogP contribution in [0.2, 0.25) is 0 Å². The van der Waals surface area contributed by atoms with Crippen LogP contribution in [-0.4, -0.2) is 23.0 Å². The van der Waals surface area contributed by atoms with E-state index >= 15 is 0 Å². The second kappa shape index (κ2) is 5.91. The van der Waals surface area contributed by atoms with Crippen LogP contribution in [0.3, 0.4) is 0 Å². The zero-order chi connectivity index (χ0) is 15.6. The minimum absolute atomic E-state index is 0.228. The van der Waals surface area contributed by atoms with Crippen molar-refractivity contribution in [2.45, 2.75) is 27.7 Å². The minimum Gasteiger partial charge on any atom is -0.495 e. The highest BCUT2D eigenvalue weighted by Crippen LogP contribution is 2.26. The third-order valence-electron chi connectivity index (χ3n) is 3.21. The van der Waals surface area contributed by atoms with Gasteiger partial charge in [-0.1, -0.05) is 6.07 Å². The first-order valence-electron chi connectivity index (χ1n) is 6.70. The Morgan fingerprint density at radius 2 is 1.71 bits per heavy atom. The molecule has 0 atom stereocenters. The van der Waals surface area contributed by atoms with Crippen LogP contribution in [0.5, 0.6) is 5.75 Å². The second-order valence-electron chi connectivity index (χ2n) is 4.97. The third kappa shape index (κ3) is 3.18. The van der Waals surface area contributed by atoms with Gasteiger partial charge < -0.3 is 10.1 Å². The summed E-state index contributed by atoms with van der Waals surface area (Å²) < 4.78 is 5.27. The van der Waals surface area contributed by atoms with Crippen molar-refractivity contribution >= 4 is 11.6 Å². The summed E-state index contributed by atoms with van der Waals surface area (Å²) in [6.45, 7) is 7.39. The summed E-state index contributed by atoms with van der Waals surface area (Å²) in [5.74, 6) is 1.06. The van der Waals surface area contributed by atoms with Gasteiger partial charge in [-0.3, -0.25) is 4.79 Å². The van der Waals surface area contributed by atoms with Crippen molar-refractivity contribution in [3.05, 3.63) is 46.5 Å². The molecule has 1 N–H and O–H groups in total. The highest BCUT2D eigenvalue weighted by molar-refractivity contribution is 6.06. The van der Waals surface area contributed by atoms with Gasteiger partial charge in [-0.05, 0) is 45.4 Å². The van der Waals surface area contributed by atoms with Crippen molar-refractivity contribution < 1.29 is 9.53 Å². The zero-order valence-electron chi connectivity index (χ0n) is 12.9. The van der Waals surface area contributed by atoms with Gasteiger partial charge >= 0.3 is 0 Å². The lowest BCUT2D eigenvalue weighted by molar-refractivity contribution is 0.102. The van der Waals surface area contributed by atoms with Gasteiger partial charge in [-0.15, -0.1) is 0 Å². The lowest BCUT2D eigenvalue weighted by Gasteiger charge is -2.13. The predicted molar refractivity (Wildman–Crippen MR) is 81.9 cm³/mol. The van der Waals surface area contributed by atoms with Crippen LogP contribution in [0.15, 0.2) is 18.2 Å². The standard InChI is InChI=1S/C16H19N3O2/c1-9-6-7-14(21-5)13(8-9)19-16(20)15-10(2)17-12(4)18-11(15)3/h6-8H,1-5H3,(H,19,20). The van der Waals surface area contributed by atoms with E-state index in [9.17, 15) is 4.79 Å². The molecule has 0 saturated carbocycles. The first-order valence-corrected chi connectivity index (χ1v) is 6.70. The Balaban J connectivity index is 2.37. The van der Waals surface area contributed by atoms with Crippen LogP contribution in [0.25, 0.3) is 0 Å². The molecule has 0 aliphatic heterocycles. The van der Waals surface area contributed by atoms with E-state index in [0.717, 1.165) is 5.56 Å². The number of rotatable bonds is 3. The number of nitrogens with one attached hydrogen (secondary N) is 1. The van der Waals surface area contributed by atoms with Crippen molar-refractivity contribution in [3.8, 4) is 5.75 Å². The smallest absolute Gasteiger partial charge is 0.259 e. The quantitative estimate of drug-likeness (QED) is 0.941. The monoisotopic (exact) mass is 285 g/mol. The van der Waals surface area contributed by atoms with Crippen molar-refractivity contribution in [1.82, 2.24) is 9.97 Å². The molecule has 21 heavy (non-hydrogen) atoms. The van der Waals surface area contributed by atoms with Crippen LogP contribution in [-0.2, 0) is 0 Å². The van der Waals surface area contributed by atoms with E-state index in [2.05, 4.69) is 15.3 Å². The fourth-order valence-corrected chi connectivity index (χ4v) is 2.32. The maximum atomic E-state index is 12.5. The number of hydrogen-bond donors (Lipinski definition) is 1. The number of aryl methyl sites for hydroxylation is 4. The lowest BCUT2D eigenvalue weighted by Crippen LogP contribution is -2.18. The number of carbonyl (C=O) groups excluding carboxylic acids is 1. The Morgan fingerprint density at radius 1 is 1.10 bits per heavy atom. The molecular formula is C16H19N3O2. The van der Waals surface area contributed by atoms with Crippen molar-refractivity contribution in [2.75, 3.05) is 12.4 Å². The van der Waals surface area contributed by atoms with E-state index in [1.54, 1.807) is 7.11 Å². The fourth-order valence-electron chi connectivity index (χ4n) is 2.32. The zero-order valence-corrected chi connectivity index (χ0v) is 12.9. The number of ether oxygens (including phenoxy) is 1. The second-order valence-corrected chi connectivity index (χ2v) is 4.97. The van der Waals surface area contributed by atoms with Crippen LogP contribution >= 0.6 is 0 Å². The van der Waals surface area contributed by atoms with Crippen molar-refractivity contribution in [2.24, 2.45) is 0 Å². The molecule has 2 aromatic rings. The number of methoxy groups -OCH3 is 1. The topological polar surface area (TPSA) is 64.1 Å². The molecular weight excluding hydrogens is 266 g/mol. The van der Waals surface area contributed by atoms with Gasteiger partial charge in [0, 0.05) is 0 Å². The molecule has 0 saturated heterocycles. The van der Waals surface area contributed by atoms with Crippen molar-refractivity contribution in [3.63, 3.8) is 0 Å². The number of amides is 1. The maximum absolute atomic E-state index is 12.5. The molecule has 1 aromatic carbocycles. The molecule has 110 valence electrons. The van der Waals surface area contributed by atoms with Crippen LogP contribution in [0, 0.1) is 27.7 Å². The summed E-state index contributed by atoms with van der Waals surface area (Å²) in [4.78, 5) is 21.0. The highest BCUT2D eigenvalue weighted by Gasteiger charge is 2.17. The fraction of sp³-hybridized carbons (Fsp3) is 0.312. The summed E-state index contributed by atoms with van der Waals surface area (Å²) in [5, 5.41) is 2.88. The molecule has 0 radical (unpaired) electrons. The van der Waals surface area contributed by atoms with E-state index in [4.69, 9.17) is 4.74 Å². The molecule has 0 bridgehead atoms. The summed E-state index contributed by atoms with van der Waals surface area (Å²) in [6, 6.07) is 5.63. The van der Waals surface area contributed by atoms with Gasteiger partial charge in [-0.2, -0.15) is 0 Å². The van der Waals surface area contributed by atoms with Crippen LogP contribution in [0.4, 0.5) is 5.69 Å². The van der Waals surface area contributed by atoms with E-state index in [1.165, 1.54) is 0 Å². The van der Waals surface area contributed by atoms with E-state index in [0.29, 0.717) is 34.2 Å². The van der Waals surface area contributed by atoms with Gasteiger partial charge in [0.05, 0.1) is 29.7 Å². The molecule has 0 unspecified atom stereocenters. The Labute approximate surface area is 124 Å². The largest absolute Gasteiger partial charge is 0.495 e. The Bertz CT molecular complexity index is 673. The van der Waals surface area contributed by atoms with E-state index in [1.807, 2.05) is 45.9 Å². The van der Waals surface area contributed by atoms with Gasteiger partial charge in [0.1, 0.15) is 11.6 Å². The molecule has 1 heterocycles. The number of anilines is 1. The first-order chi connectivity index (χ1) is 9.92. The van der Waals surface area contributed by atoms with Crippen LogP contribution in [0.1, 0.15) is 33.1 Å². The number of hydrogen-bond acceptors (Lipinski definition) is 4. The number of nitrogens with zero attached hydrogens (tertiary/aromatic N) is 2. The molecule has 2 rings (SSSR count). The average molecular weight is 285 g/mol. The van der Waals surface area contributed by atoms with Gasteiger partial charge in [0.15, 0.2) is 0 Å². The summed E-state index contributed by atoms with van der Waals surface area (Å²) in [7, 11) is 1.58. The van der Waals surface area contributed by atoms with Crippen molar-refractivity contribution in [1.29, 1.82) is 0 Å². The number of aromatic nitrogens is 2. The Kier molecular flexibility index (Phi) is 4.21. The summed E-state index contributed by atoms with van der Waals surface area (Å²) >= 11 is 0.